The molecule has 0 saturated carbocycles. The van der Waals surface area contributed by atoms with Crippen LogP contribution >= 0.6 is 0 Å². The lowest BCUT2D eigenvalue weighted by atomic mass is 10.1. The molecule has 0 saturated heterocycles. The molecule has 0 unspecified atom stereocenters. The van der Waals surface area contributed by atoms with E-state index < -0.39 is 29.3 Å². The Kier molecular flexibility index (Phi) is 4.59. The molecule has 0 bridgehead atoms. The second kappa shape index (κ2) is 7.23. The summed E-state index contributed by atoms with van der Waals surface area (Å²) in [6, 6.07) is 12.3. The van der Waals surface area contributed by atoms with E-state index in [4.69, 9.17) is 4.74 Å². The number of aryl methyl sites for hydroxylation is 1. The van der Waals surface area contributed by atoms with E-state index in [2.05, 4.69) is 16.0 Å². The maximum absolute atomic E-state index is 13.7. The smallest absolute Gasteiger partial charge is 0.323 e. The van der Waals surface area contributed by atoms with Crippen LogP contribution in [0.2, 0.25) is 0 Å². The molecule has 3 aromatic carbocycles. The first-order chi connectivity index (χ1) is 13.9. The van der Waals surface area contributed by atoms with Crippen LogP contribution in [-0.4, -0.2) is 11.9 Å². The molecule has 29 heavy (non-hydrogen) atoms. The fraction of sp³-hybridized carbons (Fsp3) is 0.0476. The zero-order chi connectivity index (χ0) is 20.5. The van der Waals surface area contributed by atoms with E-state index in [-0.39, 0.29) is 11.3 Å². The Hall–Kier alpha value is -3.94. The third-order valence-corrected chi connectivity index (χ3v) is 4.29. The standard InChI is InChI=1S/C21H15F2N3O3/c1-11-5-7-18-16(9-11)25-20(27)13-10-12(6-8-17(13)29-18)24-21(28)26-19-14(22)3-2-4-15(19)23/h2-10H,1H3,(H,25,27)(H2,24,26,28). The molecule has 3 aromatic rings. The summed E-state index contributed by atoms with van der Waals surface area (Å²) in [6.45, 7) is 1.89. The lowest BCUT2D eigenvalue weighted by molar-refractivity contribution is 0.102. The van der Waals surface area contributed by atoms with Crippen LogP contribution in [0.4, 0.5) is 30.6 Å². The highest BCUT2D eigenvalue weighted by Crippen LogP contribution is 2.37. The van der Waals surface area contributed by atoms with Gasteiger partial charge in [-0.2, -0.15) is 0 Å². The van der Waals surface area contributed by atoms with Crippen molar-refractivity contribution in [2.75, 3.05) is 16.0 Å². The molecule has 1 aliphatic heterocycles. The van der Waals surface area contributed by atoms with E-state index in [1.807, 2.05) is 13.0 Å². The summed E-state index contributed by atoms with van der Waals surface area (Å²) in [5, 5.41) is 7.33. The third-order valence-electron chi connectivity index (χ3n) is 4.29. The Labute approximate surface area is 164 Å². The molecule has 0 fully saturated rings. The van der Waals surface area contributed by atoms with Gasteiger partial charge < -0.3 is 20.7 Å². The van der Waals surface area contributed by atoms with Crippen molar-refractivity contribution in [3.8, 4) is 11.5 Å². The summed E-state index contributed by atoms with van der Waals surface area (Å²) in [5.74, 6) is -1.40. The normalized spacial score (nSPS) is 12.0. The number of amides is 3. The first kappa shape index (κ1) is 18.4. The Bertz CT molecular complexity index is 1130. The summed E-state index contributed by atoms with van der Waals surface area (Å²) in [4.78, 5) is 24.7. The van der Waals surface area contributed by atoms with Gasteiger partial charge in [0.1, 0.15) is 23.1 Å². The molecule has 0 spiro atoms. The van der Waals surface area contributed by atoms with Crippen LogP contribution in [0.1, 0.15) is 15.9 Å². The Morgan fingerprint density at radius 3 is 2.45 bits per heavy atom. The minimum absolute atomic E-state index is 0.203. The number of benzene rings is 3. The van der Waals surface area contributed by atoms with E-state index >= 15 is 0 Å². The van der Waals surface area contributed by atoms with Crippen LogP contribution in [-0.2, 0) is 0 Å². The Morgan fingerprint density at radius 2 is 1.69 bits per heavy atom. The summed E-state index contributed by atoms with van der Waals surface area (Å²) in [7, 11) is 0. The molecule has 0 aliphatic carbocycles. The molecule has 0 aromatic heterocycles. The molecule has 1 heterocycles. The third kappa shape index (κ3) is 3.73. The topological polar surface area (TPSA) is 79.5 Å². The van der Waals surface area contributed by atoms with Gasteiger partial charge in [0, 0.05) is 5.69 Å². The van der Waals surface area contributed by atoms with E-state index in [9.17, 15) is 18.4 Å². The van der Waals surface area contributed by atoms with Crippen molar-refractivity contribution < 1.29 is 23.1 Å². The fourth-order valence-corrected chi connectivity index (χ4v) is 2.91. The van der Waals surface area contributed by atoms with Gasteiger partial charge in [0.05, 0.1) is 11.3 Å². The number of carbonyl (C=O) groups excluding carboxylic acids is 2. The molecule has 6 nitrogen and oxygen atoms in total. The largest absolute Gasteiger partial charge is 0.454 e. The molecular weight excluding hydrogens is 380 g/mol. The van der Waals surface area contributed by atoms with Crippen molar-refractivity contribution >= 4 is 29.0 Å². The molecule has 1 aliphatic rings. The second-order valence-corrected chi connectivity index (χ2v) is 6.44. The molecule has 8 heteroatoms. The van der Waals surface area contributed by atoms with Crippen molar-refractivity contribution in [2.45, 2.75) is 6.92 Å². The zero-order valence-corrected chi connectivity index (χ0v) is 15.2. The van der Waals surface area contributed by atoms with Crippen molar-refractivity contribution in [3.63, 3.8) is 0 Å². The number of hydrogen-bond donors (Lipinski definition) is 3. The Morgan fingerprint density at radius 1 is 0.966 bits per heavy atom. The minimum atomic E-state index is -0.900. The summed E-state index contributed by atoms with van der Waals surface area (Å²) >= 11 is 0. The van der Waals surface area contributed by atoms with Crippen LogP contribution in [0, 0.1) is 18.6 Å². The van der Waals surface area contributed by atoms with Crippen molar-refractivity contribution in [1.82, 2.24) is 0 Å². The average Bonchev–Trinajstić information content (AvgIpc) is 2.80. The molecule has 3 N–H and O–H groups in total. The van der Waals surface area contributed by atoms with Gasteiger partial charge in [-0.25, -0.2) is 13.6 Å². The number of anilines is 3. The molecule has 0 atom stereocenters. The van der Waals surface area contributed by atoms with Gasteiger partial charge in [-0.05, 0) is 55.0 Å². The number of rotatable bonds is 2. The van der Waals surface area contributed by atoms with Gasteiger partial charge in [-0.1, -0.05) is 12.1 Å². The first-order valence-electron chi connectivity index (χ1n) is 8.66. The van der Waals surface area contributed by atoms with Crippen LogP contribution in [0.25, 0.3) is 0 Å². The van der Waals surface area contributed by atoms with Gasteiger partial charge in [-0.15, -0.1) is 0 Å². The van der Waals surface area contributed by atoms with E-state index in [0.717, 1.165) is 17.7 Å². The summed E-state index contributed by atoms with van der Waals surface area (Å²) < 4.78 is 33.2. The Balaban J connectivity index is 1.56. The van der Waals surface area contributed by atoms with E-state index in [1.165, 1.54) is 24.3 Å². The van der Waals surface area contributed by atoms with Crippen molar-refractivity contribution in [3.05, 3.63) is 77.4 Å². The van der Waals surface area contributed by atoms with Crippen LogP contribution in [0.5, 0.6) is 11.5 Å². The van der Waals surface area contributed by atoms with Crippen LogP contribution < -0.4 is 20.7 Å². The molecule has 4 rings (SSSR count). The number of carbonyl (C=O) groups is 2. The van der Waals surface area contributed by atoms with Gasteiger partial charge >= 0.3 is 6.03 Å². The monoisotopic (exact) mass is 395 g/mol. The predicted octanol–water partition coefficient (Wildman–Crippen LogP) is 5.28. The maximum Gasteiger partial charge on any atom is 0.323 e. The number of fused-ring (bicyclic) bond motifs is 2. The highest BCUT2D eigenvalue weighted by Gasteiger charge is 2.22. The maximum atomic E-state index is 13.7. The van der Waals surface area contributed by atoms with Crippen molar-refractivity contribution in [1.29, 1.82) is 0 Å². The highest BCUT2D eigenvalue weighted by molar-refractivity contribution is 6.09. The minimum Gasteiger partial charge on any atom is -0.454 e. The highest BCUT2D eigenvalue weighted by atomic mass is 19.1. The van der Waals surface area contributed by atoms with Crippen LogP contribution in [0.15, 0.2) is 54.6 Å². The zero-order valence-electron chi connectivity index (χ0n) is 15.2. The van der Waals surface area contributed by atoms with Gasteiger partial charge in [0.25, 0.3) is 5.91 Å². The van der Waals surface area contributed by atoms with Crippen molar-refractivity contribution in [2.24, 2.45) is 0 Å². The SMILES string of the molecule is Cc1ccc2c(c1)NC(=O)c1cc(NC(=O)Nc3c(F)cccc3F)ccc1O2. The number of halogens is 2. The van der Waals surface area contributed by atoms with Gasteiger partial charge in [0.15, 0.2) is 5.75 Å². The fourth-order valence-electron chi connectivity index (χ4n) is 2.91. The lowest BCUT2D eigenvalue weighted by Crippen LogP contribution is -2.21. The van der Waals surface area contributed by atoms with E-state index in [0.29, 0.717) is 17.2 Å². The molecule has 0 radical (unpaired) electrons. The van der Waals surface area contributed by atoms with Crippen LogP contribution in [0.3, 0.4) is 0 Å². The number of hydrogen-bond acceptors (Lipinski definition) is 3. The number of nitrogens with one attached hydrogen (secondary N) is 3. The number of urea groups is 1. The number of para-hydroxylation sites is 1. The first-order valence-corrected chi connectivity index (χ1v) is 8.66. The molecule has 3 amide bonds. The summed E-state index contributed by atoms with van der Waals surface area (Å²) in [6.07, 6.45) is 0. The molecular formula is C21H15F2N3O3. The lowest BCUT2D eigenvalue weighted by Gasteiger charge is -2.11. The number of ether oxygens (including phenoxy) is 1. The quantitative estimate of drug-likeness (QED) is 0.553. The average molecular weight is 395 g/mol. The summed E-state index contributed by atoms with van der Waals surface area (Å²) in [5.41, 5.74) is 1.38. The second-order valence-electron chi connectivity index (χ2n) is 6.44. The van der Waals surface area contributed by atoms with E-state index in [1.54, 1.807) is 12.1 Å². The van der Waals surface area contributed by atoms with Gasteiger partial charge in [-0.3, -0.25) is 4.79 Å². The molecule has 146 valence electrons. The van der Waals surface area contributed by atoms with Gasteiger partial charge in [0.2, 0.25) is 0 Å². The predicted molar refractivity (Wildman–Crippen MR) is 105 cm³/mol.